The fraction of sp³-hybridized carbons (Fsp3) is 0.0417. The minimum atomic E-state index is -0.197. The number of benzene rings is 2. The summed E-state index contributed by atoms with van der Waals surface area (Å²) in [5, 5.41) is 3.73. The normalized spacial score (nSPS) is 10.8. The molecule has 0 fully saturated rings. The number of nitrogens with zero attached hydrogens (tertiary/aromatic N) is 3. The highest BCUT2D eigenvalue weighted by molar-refractivity contribution is 7.17. The van der Waals surface area contributed by atoms with E-state index in [4.69, 9.17) is 4.74 Å². The summed E-state index contributed by atoms with van der Waals surface area (Å²) < 4.78 is 7.83. The van der Waals surface area contributed by atoms with Crippen molar-refractivity contribution in [2.75, 3.05) is 5.32 Å². The Labute approximate surface area is 182 Å². The van der Waals surface area contributed by atoms with E-state index in [0.29, 0.717) is 22.9 Å². The van der Waals surface area contributed by atoms with Gasteiger partial charge in [-0.05, 0) is 24.3 Å². The van der Waals surface area contributed by atoms with Gasteiger partial charge in [-0.3, -0.25) is 4.79 Å². The highest BCUT2D eigenvalue weighted by Gasteiger charge is 2.12. The molecule has 5 aromatic rings. The van der Waals surface area contributed by atoms with Crippen LogP contribution >= 0.6 is 11.3 Å². The molecule has 0 aliphatic heterocycles. The Balaban J connectivity index is 1.25. The van der Waals surface area contributed by atoms with Crippen LogP contribution in [0, 0.1) is 0 Å². The maximum atomic E-state index is 12.7. The van der Waals surface area contributed by atoms with Gasteiger partial charge in [0.15, 0.2) is 0 Å². The molecule has 1 amide bonds. The first-order valence-corrected chi connectivity index (χ1v) is 10.5. The number of ether oxygens (including phenoxy) is 1. The highest BCUT2D eigenvalue weighted by Crippen LogP contribution is 2.26. The van der Waals surface area contributed by atoms with Crippen molar-refractivity contribution in [3.8, 4) is 16.3 Å². The number of hydrogen-bond acceptors (Lipinski definition) is 5. The zero-order chi connectivity index (χ0) is 21.0. The lowest BCUT2D eigenvalue weighted by Gasteiger charge is -2.07. The average molecular weight is 427 g/mol. The minimum Gasteiger partial charge on any atom is -0.487 e. The lowest BCUT2D eigenvalue weighted by atomic mass is 10.2. The lowest BCUT2D eigenvalue weighted by molar-refractivity contribution is 0.103. The van der Waals surface area contributed by atoms with Crippen LogP contribution in [0.2, 0.25) is 0 Å². The Kier molecular flexibility index (Phi) is 5.16. The van der Waals surface area contributed by atoms with Crippen LogP contribution in [0.1, 0.15) is 15.4 Å². The van der Waals surface area contributed by atoms with Gasteiger partial charge in [-0.2, -0.15) is 0 Å². The van der Waals surface area contributed by atoms with E-state index in [9.17, 15) is 4.79 Å². The number of rotatable bonds is 6. The third-order valence-corrected chi connectivity index (χ3v) is 5.69. The maximum absolute atomic E-state index is 12.7. The van der Waals surface area contributed by atoms with Gasteiger partial charge >= 0.3 is 0 Å². The summed E-state index contributed by atoms with van der Waals surface area (Å²) in [7, 11) is 0. The molecule has 6 nitrogen and oxygen atoms in total. The Morgan fingerprint density at radius 2 is 1.90 bits per heavy atom. The monoisotopic (exact) mass is 426 g/mol. The highest BCUT2D eigenvalue weighted by atomic mass is 32.1. The Bertz CT molecular complexity index is 1310. The number of aromatic nitrogens is 3. The van der Waals surface area contributed by atoms with E-state index in [0.717, 1.165) is 21.9 Å². The standard InChI is InChI=1S/C24H18N4O2S/c29-23(21-14-25-24(31-21)17-7-2-1-3-8-17)27-18-9-6-10-20(13-18)30-16-19-15-28-12-5-4-11-22(28)26-19/h1-15H,16H2,(H,27,29). The first-order valence-electron chi connectivity index (χ1n) is 9.73. The SMILES string of the molecule is O=C(Nc1cccc(OCc2cn3ccccc3n2)c1)c1cnc(-c2ccccc2)s1. The summed E-state index contributed by atoms with van der Waals surface area (Å²) in [6.45, 7) is 0.342. The molecule has 7 heteroatoms. The van der Waals surface area contributed by atoms with Gasteiger partial charge in [-0.25, -0.2) is 9.97 Å². The van der Waals surface area contributed by atoms with Crippen molar-refractivity contribution in [2.45, 2.75) is 6.61 Å². The zero-order valence-corrected chi connectivity index (χ0v) is 17.3. The van der Waals surface area contributed by atoms with Gasteiger partial charge in [0.25, 0.3) is 5.91 Å². The number of hydrogen-bond donors (Lipinski definition) is 1. The molecule has 1 N–H and O–H groups in total. The lowest BCUT2D eigenvalue weighted by Crippen LogP contribution is -2.10. The van der Waals surface area contributed by atoms with E-state index in [-0.39, 0.29) is 5.91 Å². The number of carbonyl (C=O) groups is 1. The smallest absolute Gasteiger partial charge is 0.267 e. The Morgan fingerprint density at radius 1 is 1.03 bits per heavy atom. The molecule has 3 heterocycles. The first kappa shape index (κ1) is 19.0. The van der Waals surface area contributed by atoms with Gasteiger partial charge in [-0.1, -0.05) is 42.5 Å². The minimum absolute atomic E-state index is 0.197. The maximum Gasteiger partial charge on any atom is 0.267 e. The Morgan fingerprint density at radius 3 is 2.77 bits per heavy atom. The fourth-order valence-electron chi connectivity index (χ4n) is 3.16. The van der Waals surface area contributed by atoms with Crippen molar-refractivity contribution in [1.29, 1.82) is 0 Å². The molecular formula is C24H18N4O2S. The number of carbonyl (C=O) groups excluding carboxylic acids is 1. The Hall–Kier alpha value is -3.97. The van der Waals surface area contributed by atoms with Crippen molar-refractivity contribution in [3.63, 3.8) is 0 Å². The second kappa shape index (κ2) is 8.41. The van der Waals surface area contributed by atoms with Crippen molar-refractivity contribution in [2.24, 2.45) is 0 Å². The van der Waals surface area contributed by atoms with Crippen LogP contribution in [-0.2, 0) is 6.61 Å². The second-order valence-electron chi connectivity index (χ2n) is 6.86. The number of amides is 1. The largest absolute Gasteiger partial charge is 0.487 e. The molecule has 0 atom stereocenters. The van der Waals surface area contributed by atoms with Gasteiger partial charge in [-0.15, -0.1) is 11.3 Å². The molecular weight excluding hydrogens is 408 g/mol. The molecule has 5 rings (SSSR count). The molecule has 0 saturated carbocycles. The summed E-state index contributed by atoms with van der Waals surface area (Å²) >= 11 is 1.36. The first-order chi connectivity index (χ1) is 15.2. The summed E-state index contributed by atoms with van der Waals surface area (Å²) in [5.74, 6) is 0.460. The van der Waals surface area contributed by atoms with Gasteiger partial charge in [0.05, 0.1) is 11.9 Å². The van der Waals surface area contributed by atoms with E-state index in [2.05, 4.69) is 15.3 Å². The van der Waals surface area contributed by atoms with E-state index >= 15 is 0 Å². The number of imidazole rings is 1. The quantitative estimate of drug-likeness (QED) is 0.401. The predicted octanol–water partition coefficient (Wildman–Crippen LogP) is 5.29. The number of pyridine rings is 1. The molecule has 0 aliphatic rings. The van der Waals surface area contributed by atoms with E-state index in [1.54, 1.807) is 12.3 Å². The second-order valence-corrected chi connectivity index (χ2v) is 7.90. The van der Waals surface area contributed by atoms with E-state index in [1.807, 2.05) is 83.5 Å². The summed E-state index contributed by atoms with van der Waals surface area (Å²) in [5.41, 5.74) is 3.36. The van der Waals surface area contributed by atoms with Crippen molar-refractivity contribution in [3.05, 3.63) is 102 Å². The van der Waals surface area contributed by atoms with Crippen LogP contribution < -0.4 is 10.1 Å². The topological polar surface area (TPSA) is 68.5 Å². The van der Waals surface area contributed by atoms with Crippen molar-refractivity contribution >= 4 is 28.6 Å². The number of fused-ring (bicyclic) bond motifs is 1. The van der Waals surface area contributed by atoms with Crippen LogP contribution in [0.3, 0.4) is 0 Å². The van der Waals surface area contributed by atoms with Crippen molar-refractivity contribution in [1.82, 2.24) is 14.4 Å². The van der Waals surface area contributed by atoms with Gasteiger partial charge in [0, 0.05) is 29.7 Å². The van der Waals surface area contributed by atoms with E-state index < -0.39 is 0 Å². The van der Waals surface area contributed by atoms with Crippen LogP contribution in [0.4, 0.5) is 5.69 Å². The third kappa shape index (κ3) is 4.31. The van der Waals surface area contributed by atoms with Crippen LogP contribution in [0.15, 0.2) is 91.4 Å². The molecule has 0 saturated heterocycles. The van der Waals surface area contributed by atoms with Crippen molar-refractivity contribution < 1.29 is 9.53 Å². The zero-order valence-electron chi connectivity index (χ0n) is 16.4. The number of anilines is 1. The molecule has 31 heavy (non-hydrogen) atoms. The molecule has 0 unspecified atom stereocenters. The summed E-state index contributed by atoms with van der Waals surface area (Å²) in [6, 6.07) is 23.0. The van der Waals surface area contributed by atoms with Crippen LogP contribution in [-0.4, -0.2) is 20.3 Å². The third-order valence-electron chi connectivity index (χ3n) is 4.64. The molecule has 0 bridgehead atoms. The van der Waals surface area contributed by atoms with Crippen LogP contribution in [0.5, 0.6) is 5.75 Å². The van der Waals surface area contributed by atoms with Crippen LogP contribution in [0.25, 0.3) is 16.2 Å². The summed E-state index contributed by atoms with van der Waals surface area (Å²) in [4.78, 5) is 22.1. The fourth-order valence-corrected chi connectivity index (χ4v) is 3.98. The number of nitrogens with one attached hydrogen (secondary N) is 1. The van der Waals surface area contributed by atoms with E-state index in [1.165, 1.54) is 11.3 Å². The van der Waals surface area contributed by atoms with Gasteiger partial charge < -0.3 is 14.5 Å². The average Bonchev–Trinajstić information content (AvgIpc) is 3.46. The van der Waals surface area contributed by atoms with Gasteiger partial charge in [0.2, 0.25) is 0 Å². The molecule has 2 aromatic carbocycles. The van der Waals surface area contributed by atoms with Gasteiger partial charge in [0.1, 0.15) is 27.9 Å². The molecule has 0 aliphatic carbocycles. The summed E-state index contributed by atoms with van der Waals surface area (Å²) in [6.07, 6.45) is 5.49. The molecule has 0 spiro atoms. The molecule has 0 radical (unpaired) electrons. The molecule has 3 aromatic heterocycles. The number of thiazole rings is 1. The molecule has 152 valence electrons. The predicted molar refractivity (Wildman–Crippen MR) is 121 cm³/mol.